The second kappa shape index (κ2) is 10.8. The number of benzene rings is 4. The van der Waals surface area contributed by atoms with E-state index in [2.05, 4.69) is 134 Å². The normalized spacial score (nSPS) is 13.4. The average Bonchev–Trinajstić information content (AvgIpc) is 2.86. The van der Waals surface area contributed by atoms with Crippen LogP contribution in [0.1, 0.15) is 30.0 Å². The molecule has 0 spiro atoms. The first-order chi connectivity index (χ1) is 15.3. The minimum atomic E-state index is -0.473. The number of hydrogen-bond acceptors (Lipinski definition) is 1. The summed E-state index contributed by atoms with van der Waals surface area (Å²) >= 11 is 0. The molecule has 0 N–H and O–H groups in total. The maximum absolute atomic E-state index is 5.15. The molecule has 31 heavy (non-hydrogen) atoms. The van der Waals surface area contributed by atoms with Crippen LogP contribution in [0.25, 0.3) is 0 Å². The highest BCUT2D eigenvalue weighted by atomic mass is 31.1. The van der Waals surface area contributed by atoms with E-state index in [1.165, 1.54) is 21.7 Å². The molecule has 0 aliphatic carbocycles. The van der Waals surface area contributed by atoms with Crippen LogP contribution in [0.3, 0.4) is 0 Å². The molecule has 0 aliphatic rings. The molecule has 0 radical (unpaired) electrons. The molecule has 0 aliphatic heterocycles. The van der Waals surface area contributed by atoms with Gasteiger partial charge in [-0.3, -0.25) is 4.99 Å². The Morgan fingerprint density at radius 3 is 1.52 bits per heavy atom. The Morgan fingerprint density at radius 1 is 0.613 bits per heavy atom. The van der Waals surface area contributed by atoms with Crippen molar-refractivity contribution in [3.63, 3.8) is 0 Å². The van der Waals surface area contributed by atoms with Gasteiger partial charge >= 0.3 is 0 Å². The summed E-state index contributed by atoms with van der Waals surface area (Å²) in [6.07, 6.45) is 3.11. The Kier molecular flexibility index (Phi) is 7.42. The van der Waals surface area contributed by atoms with Crippen LogP contribution < -0.4 is 10.6 Å². The van der Waals surface area contributed by atoms with Crippen LogP contribution in [0.2, 0.25) is 0 Å². The zero-order valence-corrected chi connectivity index (χ0v) is 18.8. The van der Waals surface area contributed by atoms with Crippen molar-refractivity contribution < 1.29 is 0 Å². The monoisotopic (exact) mass is 421 g/mol. The lowest BCUT2D eigenvalue weighted by atomic mass is 9.89. The highest BCUT2D eigenvalue weighted by Gasteiger charge is 2.20. The topological polar surface area (TPSA) is 12.4 Å². The first-order valence-electron chi connectivity index (χ1n) is 10.8. The van der Waals surface area contributed by atoms with Gasteiger partial charge in [-0.1, -0.05) is 128 Å². The maximum Gasteiger partial charge on any atom is 0.0811 e. The molecule has 0 heterocycles. The molecular weight excluding hydrogens is 393 g/mol. The van der Waals surface area contributed by atoms with Gasteiger partial charge < -0.3 is 0 Å². The second-order valence-electron chi connectivity index (χ2n) is 7.67. The van der Waals surface area contributed by atoms with Gasteiger partial charge in [0, 0.05) is 18.3 Å². The van der Waals surface area contributed by atoms with E-state index in [0.29, 0.717) is 5.92 Å². The highest BCUT2D eigenvalue weighted by Crippen LogP contribution is 2.35. The summed E-state index contributed by atoms with van der Waals surface area (Å²) in [5, 5.41) is 2.78. The Balaban J connectivity index is 1.62. The van der Waals surface area contributed by atoms with E-state index >= 15 is 0 Å². The molecule has 4 aromatic rings. The molecular formula is C29H28NP. The molecule has 1 nitrogen and oxygen atoms in total. The van der Waals surface area contributed by atoms with Gasteiger partial charge in [-0.2, -0.15) is 0 Å². The Bertz CT molecular complexity index is 1020. The fraction of sp³-hybridized carbons (Fsp3) is 0.138. The molecule has 0 saturated heterocycles. The molecule has 154 valence electrons. The summed E-state index contributed by atoms with van der Waals surface area (Å²) in [7, 11) is -0.473. The maximum atomic E-state index is 5.15. The first-order valence-corrected chi connectivity index (χ1v) is 12.3. The molecule has 0 aromatic heterocycles. The van der Waals surface area contributed by atoms with Gasteiger partial charge in [-0.25, -0.2) is 0 Å². The van der Waals surface area contributed by atoms with E-state index < -0.39 is 7.92 Å². The second-order valence-corrected chi connectivity index (χ2v) is 9.92. The Labute approximate surface area is 187 Å². The van der Waals surface area contributed by atoms with Crippen molar-refractivity contribution in [2.24, 2.45) is 4.99 Å². The molecule has 2 heteroatoms. The number of aliphatic imine (C=N–C) groups is 1. The van der Waals surface area contributed by atoms with Crippen LogP contribution in [0.15, 0.2) is 126 Å². The lowest BCUT2D eigenvalue weighted by Gasteiger charge is -2.22. The van der Waals surface area contributed by atoms with E-state index in [0.717, 1.165) is 6.16 Å². The molecule has 2 unspecified atom stereocenters. The minimum absolute atomic E-state index is 0.104. The third kappa shape index (κ3) is 5.57. The molecule has 0 saturated carbocycles. The quantitative estimate of drug-likeness (QED) is 0.221. The predicted octanol–water partition coefficient (Wildman–Crippen LogP) is 6.74. The SMILES string of the molecule is CC(c1ccccc1)C(/N=C/CP(c1ccccc1)c1ccccc1)c1ccccc1. The van der Waals surface area contributed by atoms with Crippen molar-refractivity contribution in [2.45, 2.75) is 18.9 Å². The molecule has 0 amide bonds. The van der Waals surface area contributed by atoms with Gasteiger partial charge in [0.25, 0.3) is 0 Å². The van der Waals surface area contributed by atoms with Crippen LogP contribution in [-0.2, 0) is 0 Å². The molecule has 4 rings (SSSR count). The minimum Gasteiger partial charge on any atom is -0.288 e. The predicted molar refractivity (Wildman–Crippen MR) is 136 cm³/mol. The van der Waals surface area contributed by atoms with Gasteiger partial charge in [0.15, 0.2) is 0 Å². The van der Waals surface area contributed by atoms with Crippen LogP contribution in [-0.4, -0.2) is 12.4 Å². The van der Waals surface area contributed by atoms with E-state index in [1.54, 1.807) is 0 Å². The Morgan fingerprint density at radius 2 is 1.03 bits per heavy atom. The van der Waals surface area contributed by atoms with Crippen LogP contribution in [0.4, 0.5) is 0 Å². The summed E-state index contributed by atoms with van der Waals surface area (Å²) < 4.78 is 0. The van der Waals surface area contributed by atoms with Crippen molar-refractivity contribution >= 4 is 24.7 Å². The summed E-state index contributed by atoms with van der Waals surface area (Å²) in [5.74, 6) is 0.305. The van der Waals surface area contributed by atoms with Crippen LogP contribution in [0, 0.1) is 0 Å². The van der Waals surface area contributed by atoms with Gasteiger partial charge in [-0.05, 0) is 29.7 Å². The number of nitrogens with zero attached hydrogens (tertiary/aromatic N) is 1. The lowest BCUT2D eigenvalue weighted by Crippen LogP contribution is -2.15. The van der Waals surface area contributed by atoms with Crippen LogP contribution in [0.5, 0.6) is 0 Å². The van der Waals surface area contributed by atoms with Gasteiger partial charge in [0.2, 0.25) is 0 Å². The number of rotatable bonds is 8. The zero-order chi connectivity index (χ0) is 21.3. The zero-order valence-electron chi connectivity index (χ0n) is 17.9. The van der Waals surface area contributed by atoms with Crippen molar-refractivity contribution in [1.29, 1.82) is 0 Å². The third-order valence-corrected chi connectivity index (χ3v) is 7.98. The lowest BCUT2D eigenvalue weighted by molar-refractivity contribution is 0.602. The highest BCUT2D eigenvalue weighted by molar-refractivity contribution is 7.73. The van der Waals surface area contributed by atoms with Gasteiger partial charge in [-0.15, -0.1) is 0 Å². The molecule has 0 fully saturated rings. The largest absolute Gasteiger partial charge is 0.288 e. The summed E-state index contributed by atoms with van der Waals surface area (Å²) in [6.45, 7) is 2.28. The average molecular weight is 422 g/mol. The van der Waals surface area contributed by atoms with Crippen molar-refractivity contribution in [3.05, 3.63) is 132 Å². The Hall–Kier alpha value is -3.02. The first kappa shape index (κ1) is 21.2. The summed E-state index contributed by atoms with van der Waals surface area (Å²) in [5.41, 5.74) is 2.58. The molecule has 4 aromatic carbocycles. The third-order valence-electron chi connectivity index (χ3n) is 5.61. The fourth-order valence-corrected chi connectivity index (χ4v) is 5.95. The summed E-state index contributed by atoms with van der Waals surface area (Å²) in [6, 6.07) is 43.2. The van der Waals surface area contributed by atoms with E-state index in [-0.39, 0.29) is 6.04 Å². The molecule has 0 bridgehead atoms. The van der Waals surface area contributed by atoms with Crippen molar-refractivity contribution in [3.8, 4) is 0 Å². The van der Waals surface area contributed by atoms with Crippen LogP contribution >= 0.6 is 7.92 Å². The van der Waals surface area contributed by atoms with Crippen molar-refractivity contribution in [1.82, 2.24) is 0 Å². The summed E-state index contributed by atoms with van der Waals surface area (Å²) in [4.78, 5) is 5.15. The van der Waals surface area contributed by atoms with E-state index in [4.69, 9.17) is 4.99 Å². The number of hydrogen-bond donors (Lipinski definition) is 0. The standard InChI is InChI=1S/C29H28NP/c1-24(25-14-6-2-7-15-25)29(26-16-8-3-9-17-26)30-22-23-31(27-18-10-4-11-19-27)28-20-12-5-13-21-28/h2-22,24,29H,23H2,1H3/b30-22+. The smallest absolute Gasteiger partial charge is 0.0811 e. The fourth-order valence-electron chi connectivity index (χ4n) is 3.91. The molecule has 2 atom stereocenters. The van der Waals surface area contributed by atoms with Crippen molar-refractivity contribution in [2.75, 3.05) is 6.16 Å². The van der Waals surface area contributed by atoms with E-state index in [1.807, 2.05) is 0 Å². The van der Waals surface area contributed by atoms with E-state index in [9.17, 15) is 0 Å². The van der Waals surface area contributed by atoms with Gasteiger partial charge in [0.1, 0.15) is 0 Å². The van der Waals surface area contributed by atoms with Gasteiger partial charge in [0.05, 0.1) is 6.04 Å².